The molecule has 0 fully saturated rings. The van der Waals surface area contributed by atoms with Crippen molar-refractivity contribution in [2.75, 3.05) is 14.2 Å². The van der Waals surface area contributed by atoms with Crippen LogP contribution in [0.4, 0.5) is 0 Å². The standard InChI is InChI=1S/C15H18N2O2/c1-16-15(18)5-3-4-11-9-17-10-12-6-7-13(19-2)8-14(11)12/h6-10H,3-5H2,1-2H3,(H,16,18). The highest BCUT2D eigenvalue weighted by molar-refractivity contribution is 5.86. The maximum Gasteiger partial charge on any atom is 0.219 e. The quantitative estimate of drug-likeness (QED) is 0.895. The second-order valence-electron chi connectivity index (χ2n) is 4.41. The van der Waals surface area contributed by atoms with Crippen LogP contribution in [0.2, 0.25) is 0 Å². The van der Waals surface area contributed by atoms with Gasteiger partial charge in [-0.25, -0.2) is 0 Å². The number of nitrogens with one attached hydrogen (secondary N) is 1. The Bertz CT molecular complexity index is 581. The Labute approximate surface area is 112 Å². The van der Waals surface area contributed by atoms with E-state index in [0.29, 0.717) is 6.42 Å². The molecule has 1 aromatic carbocycles. The monoisotopic (exact) mass is 258 g/mol. The Morgan fingerprint density at radius 1 is 1.37 bits per heavy atom. The molecule has 1 aromatic heterocycles. The normalized spacial score (nSPS) is 10.4. The minimum Gasteiger partial charge on any atom is -0.497 e. The number of pyridine rings is 1. The first-order valence-corrected chi connectivity index (χ1v) is 6.36. The summed E-state index contributed by atoms with van der Waals surface area (Å²) in [6.07, 6.45) is 5.90. The fraction of sp³-hybridized carbons (Fsp3) is 0.333. The molecular formula is C15H18N2O2. The summed E-state index contributed by atoms with van der Waals surface area (Å²) in [5.74, 6) is 0.914. The average molecular weight is 258 g/mol. The van der Waals surface area contributed by atoms with Crippen LogP contribution in [0.3, 0.4) is 0 Å². The van der Waals surface area contributed by atoms with E-state index < -0.39 is 0 Å². The van der Waals surface area contributed by atoms with Gasteiger partial charge in [0, 0.05) is 31.2 Å². The molecule has 1 amide bonds. The molecule has 2 aromatic rings. The van der Waals surface area contributed by atoms with Crippen molar-refractivity contribution in [3.63, 3.8) is 0 Å². The van der Waals surface area contributed by atoms with Gasteiger partial charge < -0.3 is 10.1 Å². The lowest BCUT2D eigenvalue weighted by molar-refractivity contribution is -0.120. The van der Waals surface area contributed by atoms with E-state index in [9.17, 15) is 4.79 Å². The maximum atomic E-state index is 11.2. The Balaban J connectivity index is 2.19. The number of carbonyl (C=O) groups excluding carboxylic acids is 1. The molecule has 0 saturated carbocycles. The third-order valence-corrected chi connectivity index (χ3v) is 3.18. The Hall–Kier alpha value is -2.10. The molecule has 0 aliphatic heterocycles. The van der Waals surface area contributed by atoms with Crippen LogP contribution >= 0.6 is 0 Å². The fourth-order valence-electron chi connectivity index (χ4n) is 2.09. The van der Waals surface area contributed by atoms with Gasteiger partial charge in [-0.15, -0.1) is 0 Å². The van der Waals surface area contributed by atoms with Gasteiger partial charge in [0.25, 0.3) is 0 Å². The number of aromatic nitrogens is 1. The third kappa shape index (κ3) is 3.22. The van der Waals surface area contributed by atoms with E-state index in [4.69, 9.17) is 4.74 Å². The Morgan fingerprint density at radius 3 is 2.95 bits per heavy atom. The number of rotatable bonds is 5. The van der Waals surface area contributed by atoms with Crippen molar-refractivity contribution < 1.29 is 9.53 Å². The summed E-state index contributed by atoms with van der Waals surface area (Å²) in [6, 6.07) is 5.95. The molecule has 0 radical (unpaired) electrons. The molecule has 1 heterocycles. The lowest BCUT2D eigenvalue weighted by Gasteiger charge is -2.07. The summed E-state index contributed by atoms with van der Waals surface area (Å²) in [6.45, 7) is 0. The second kappa shape index (κ2) is 6.18. The topological polar surface area (TPSA) is 51.2 Å². The number of amides is 1. The van der Waals surface area contributed by atoms with Crippen LogP contribution in [0.25, 0.3) is 10.8 Å². The zero-order valence-corrected chi connectivity index (χ0v) is 11.3. The number of hydrogen-bond donors (Lipinski definition) is 1. The van der Waals surface area contributed by atoms with Crippen molar-refractivity contribution in [3.05, 3.63) is 36.2 Å². The SMILES string of the molecule is CNC(=O)CCCc1cncc2ccc(OC)cc12. The maximum absolute atomic E-state index is 11.2. The van der Waals surface area contributed by atoms with E-state index in [-0.39, 0.29) is 5.91 Å². The van der Waals surface area contributed by atoms with Gasteiger partial charge in [-0.05, 0) is 42.0 Å². The molecule has 0 aliphatic carbocycles. The van der Waals surface area contributed by atoms with Gasteiger partial charge in [0.15, 0.2) is 0 Å². The first-order valence-electron chi connectivity index (χ1n) is 6.36. The highest BCUT2D eigenvalue weighted by Crippen LogP contribution is 2.24. The molecule has 4 nitrogen and oxygen atoms in total. The molecule has 0 atom stereocenters. The molecule has 0 aliphatic rings. The van der Waals surface area contributed by atoms with Crippen LogP contribution in [-0.4, -0.2) is 25.0 Å². The van der Waals surface area contributed by atoms with E-state index >= 15 is 0 Å². The van der Waals surface area contributed by atoms with E-state index in [1.54, 1.807) is 14.2 Å². The van der Waals surface area contributed by atoms with Crippen LogP contribution in [-0.2, 0) is 11.2 Å². The molecule has 1 N–H and O–H groups in total. The molecule has 100 valence electrons. The Morgan fingerprint density at radius 2 is 2.21 bits per heavy atom. The summed E-state index contributed by atoms with van der Waals surface area (Å²) >= 11 is 0. The molecule has 2 rings (SSSR count). The number of carbonyl (C=O) groups is 1. The van der Waals surface area contributed by atoms with Crippen LogP contribution < -0.4 is 10.1 Å². The Kier molecular flexibility index (Phi) is 4.34. The molecule has 4 heteroatoms. The van der Waals surface area contributed by atoms with Crippen LogP contribution in [0, 0.1) is 0 Å². The number of benzene rings is 1. The molecule has 0 saturated heterocycles. The molecule has 19 heavy (non-hydrogen) atoms. The van der Waals surface area contributed by atoms with Gasteiger partial charge in [0.05, 0.1) is 7.11 Å². The van der Waals surface area contributed by atoms with E-state index in [0.717, 1.165) is 34.9 Å². The smallest absolute Gasteiger partial charge is 0.219 e. The summed E-state index contributed by atoms with van der Waals surface area (Å²) in [4.78, 5) is 15.5. The highest BCUT2D eigenvalue weighted by atomic mass is 16.5. The van der Waals surface area contributed by atoms with Crippen molar-refractivity contribution in [2.24, 2.45) is 0 Å². The lowest BCUT2D eigenvalue weighted by Crippen LogP contribution is -2.17. The van der Waals surface area contributed by atoms with Crippen molar-refractivity contribution in [3.8, 4) is 5.75 Å². The van der Waals surface area contributed by atoms with Crippen molar-refractivity contribution >= 4 is 16.7 Å². The minimum atomic E-state index is 0.0748. The van der Waals surface area contributed by atoms with Crippen molar-refractivity contribution in [1.82, 2.24) is 10.3 Å². The summed E-state index contributed by atoms with van der Waals surface area (Å²) in [5, 5.41) is 4.87. The number of fused-ring (bicyclic) bond motifs is 1. The number of nitrogens with zero attached hydrogens (tertiary/aromatic N) is 1. The molecule has 0 spiro atoms. The summed E-state index contributed by atoms with van der Waals surface area (Å²) in [7, 11) is 3.32. The molecule has 0 bridgehead atoms. The first kappa shape index (κ1) is 13.3. The van der Waals surface area contributed by atoms with Crippen LogP contribution in [0.15, 0.2) is 30.6 Å². The number of hydrogen-bond acceptors (Lipinski definition) is 3. The predicted octanol–water partition coefficient (Wildman–Crippen LogP) is 2.31. The number of aryl methyl sites for hydroxylation is 1. The van der Waals surface area contributed by atoms with Crippen LogP contribution in [0.1, 0.15) is 18.4 Å². The predicted molar refractivity (Wildman–Crippen MR) is 75.3 cm³/mol. The second-order valence-corrected chi connectivity index (χ2v) is 4.41. The summed E-state index contributed by atoms with van der Waals surface area (Å²) < 4.78 is 5.25. The van der Waals surface area contributed by atoms with Crippen LogP contribution in [0.5, 0.6) is 5.75 Å². The average Bonchev–Trinajstić information content (AvgIpc) is 2.46. The number of methoxy groups -OCH3 is 1. The van der Waals surface area contributed by atoms with Crippen molar-refractivity contribution in [2.45, 2.75) is 19.3 Å². The van der Waals surface area contributed by atoms with Gasteiger partial charge in [0.2, 0.25) is 5.91 Å². The number of ether oxygens (including phenoxy) is 1. The van der Waals surface area contributed by atoms with Gasteiger partial charge in [0.1, 0.15) is 5.75 Å². The van der Waals surface area contributed by atoms with Gasteiger partial charge in [-0.3, -0.25) is 9.78 Å². The zero-order valence-electron chi connectivity index (χ0n) is 11.3. The highest BCUT2D eigenvalue weighted by Gasteiger charge is 2.05. The fourth-order valence-corrected chi connectivity index (χ4v) is 2.09. The molecule has 0 unspecified atom stereocenters. The lowest BCUT2D eigenvalue weighted by atomic mass is 10.0. The van der Waals surface area contributed by atoms with E-state index in [1.807, 2.05) is 30.6 Å². The van der Waals surface area contributed by atoms with Gasteiger partial charge in [-0.2, -0.15) is 0 Å². The van der Waals surface area contributed by atoms with E-state index in [2.05, 4.69) is 10.3 Å². The van der Waals surface area contributed by atoms with E-state index in [1.165, 1.54) is 0 Å². The van der Waals surface area contributed by atoms with Gasteiger partial charge in [-0.1, -0.05) is 0 Å². The first-order chi connectivity index (χ1) is 9.24. The largest absolute Gasteiger partial charge is 0.497 e. The van der Waals surface area contributed by atoms with Crippen molar-refractivity contribution in [1.29, 1.82) is 0 Å². The summed E-state index contributed by atoms with van der Waals surface area (Å²) in [5.41, 5.74) is 1.15. The zero-order chi connectivity index (χ0) is 13.7. The van der Waals surface area contributed by atoms with Gasteiger partial charge >= 0.3 is 0 Å². The minimum absolute atomic E-state index is 0.0748. The molecular weight excluding hydrogens is 240 g/mol. The third-order valence-electron chi connectivity index (χ3n) is 3.18.